The lowest BCUT2D eigenvalue weighted by atomic mass is 9.85. The van der Waals surface area contributed by atoms with E-state index < -0.39 is 0 Å². The van der Waals surface area contributed by atoms with Gasteiger partial charge in [0.25, 0.3) is 0 Å². The third kappa shape index (κ3) is 3.42. The average molecular weight is 332 g/mol. The van der Waals surface area contributed by atoms with Crippen molar-refractivity contribution in [3.8, 4) is 5.75 Å². The van der Waals surface area contributed by atoms with Gasteiger partial charge in [-0.2, -0.15) is 0 Å². The molecule has 0 heterocycles. The van der Waals surface area contributed by atoms with Crippen molar-refractivity contribution < 1.29 is 4.74 Å². The molecule has 100 valence electrons. The van der Waals surface area contributed by atoms with E-state index >= 15 is 0 Å². The van der Waals surface area contributed by atoms with Gasteiger partial charge in [0.1, 0.15) is 11.9 Å². The largest absolute Gasteiger partial charge is 0.489 e. The molecule has 0 bridgehead atoms. The zero-order valence-corrected chi connectivity index (χ0v) is 13.1. The highest BCUT2D eigenvalue weighted by molar-refractivity contribution is 9.08. The lowest BCUT2D eigenvalue weighted by Gasteiger charge is -2.31. The van der Waals surface area contributed by atoms with Gasteiger partial charge in [-0.3, -0.25) is 0 Å². The summed E-state index contributed by atoms with van der Waals surface area (Å²) in [5.41, 5.74) is 1.18. The summed E-state index contributed by atoms with van der Waals surface area (Å²) in [6.45, 7) is 2.25. The Morgan fingerprint density at radius 3 is 2.78 bits per heavy atom. The summed E-state index contributed by atoms with van der Waals surface area (Å²) in [6.07, 6.45) is 6.61. The van der Waals surface area contributed by atoms with E-state index in [1.54, 1.807) is 0 Å². The number of hydrogen-bond acceptors (Lipinski definition) is 1. The topological polar surface area (TPSA) is 9.23 Å². The number of halogens is 2. The first-order valence-corrected chi connectivity index (χ1v) is 8.25. The van der Waals surface area contributed by atoms with Crippen molar-refractivity contribution >= 4 is 27.5 Å². The lowest BCUT2D eigenvalue weighted by molar-refractivity contribution is 0.0905. The minimum Gasteiger partial charge on any atom is -0.489 e. The minimum absolute atomic E-state index is 0.344. The molecular weight excluding hydrogens is 312 g/mol. The Morgan fingerprint density at radius 1 is 1.33 bits per heavy atom. The standard InChI is InChI=1S/C15H20BrClO/c1-2-12-5-3-4-6-14(12)18-15-8-7-11(10-16)9-13(15)17/h7-9,12,14H,2-6,10H2,1H3. The molecule has 3 heteroatoms. The first-order valence-electron chi connectivity index (χ1n) is 6.75. The summed E-state index contributed by atoms with van der Waals surface area (Å²) in [4.78, 5) is 0. The number of rotatable bonds is 4. The molecule has 0 aliphatic heterocycles. The Balaban J connectivity index is 2.07. The van der Waals surface area contributed by atoms with Crippen LogP contribution in [0.3, 0.4) is 0 Å². The van der Waals surface area contributed by atoms with Crippen LogP contribution in [0.4, 0.5) is 0 Å². The summed E-state index contributed by atoms with van der Waals surface area (Å²) in [5, 5.41) is 1.56. The maximum absolute atomic E-state index is 6.27. The minimum atomic E-state index is 0.344. The first kappa shape index (κ1) is 14.2. The van der Waals surface area contributed by atoms with Crippen molar-refractivity contribution in [2.45, 2.75) is 50.5 Å². The molecule has 1 aromatic rings. The van der Waals surface area contributed by atoms with Crippen LogP contribution in [-0.4, -0.2) is 6.10 Å². The smallest absolute Gasteiger partial charge is 0.138 e. The summed E-state index contributed by atoms with van der Waals surface area (Å²) in [6, 6.07) is 6.05. The summed E-state index contributed by atoms with van der Waals surface area (Å²) in [5.74, 6) is 1.53. The molecule has 0 saturated heterocycles. The van der Waals surface area contributed by atoms with Crippen molar-refractivity contribution in [2.24, 2.45) is 5.92 Å². The molecule has 1 saturated carbocycles. The second-order valence-corrected chi connectivity index (χ2v) is 5.98. The van der Waals surface area contributed by atoms with Crippen molar-refractivity contribution in [3.05, 3.63) is 28.8 Å². The molecule has 2 atom stereocenters. The number of benzene rings is 1. The molecule has 0 radical (unpaired) electrons. The summed E-state index contributed by atoms with van der Waals surface area (Å²) < 4.78 is 6.14. The molecule has 1 aliphatic rings. The normalized spacial score (nSPS) is 23.9. The van der Waals surface area contributed by atoms with Crippen molar-refractivity contribution in [3.63, 3.8) is 0 Å². The molecule has 0 spiro atoms. The van der Waals surface area contributed by atoms with Gasteiger partial charge < -0.3 is 4.74 Å². The molecule has 2 rings (SSSR count). The van der Waals surface area contributed by atoms with Crippen molar-refractivity contribution in [2.75, 3.05) is 0 Å². The number of hydrogen-bond donors (Lipinski definition) is 0. The fourth-order valence-electron chi connectivity index (χ4n) is 2.68. The van der Waals surface area contributed by atoms with E-state index in [2.05, 4.69) is 28.9 Å². The van der Waals surface area contributed by atoms with Crippen LogP contribution in [0.25, 0.3) is 0 Å². The molecule has 1 aromatic carbocycles. The Labute approximate surface area is 123 Å². The maximum atomic E-state index is 6.27. The van der Waals surface area contributed by atoms with E-state index in [1.165, 1.54) is 31.2 Å². The molecule has 0 N–H and O–H groups in total. The predicted octanol–water partition coefficient (Wildman–Crippen LogP) is 5.58. The lowest BCUT2D eigenvalue weighted by Crippen LogP contribution is -2.30. The molecule has 1 fully saturated rings. The van der Waals surface area contributed by atoms with Crippen molar-refractivity contribution in [1.29, 1.82) is 0 Å². The monoisotopic (exact) mass is 330 g/mol. The fourth-order valence-corrected chi connectivity index (χ4v) is 3.28. The van der Waals surface area contributed by atoms with Crippen LogP contribution in [0.2, 0.25) is 5.02 Å². The molecule has 18 heavy (non-hydrogen) atoms. The van der Waals surface area contributed by atoms with Gasteiger partial charge in [0.2, 0.25) is 0 Å². The van der Waals surface area contributed by atoms with E-state index in [4.69, 9.17) is 16.3 Å². The number of ether oxygens (including phenoxy) is 1. The van der Waals surface area contributed by atoms with Gasteiger partial charge in [-0.25, -0.2) is 0 Å². The number of alkyl halides is 1. The van der Waals surface area contributed by atoms with E-state index in [1.807, 2.05) is 12.1 Å². The van der Waals surface area contributed by atoms with Crippen LogP contribution in [-0.2, 0) is 5.33 Å². The SMILES string of the molecule is CCC1CCCCC1Oc1ccc(CBr)cc1Cl. The van der Waals surface area contributed by atoms with E-state index in [0.717, 1.165) is 22.5 Å². The van der Waals surface area contributed by atoms with Crippen LogP contribution in [0.1, 0.15) is 44.6 Å². The molecule has 1 aliphatic carbocycles. The molecular formula is C15H20BrClO. The van der Waals surface area contributed by atoms with Crippen LogP contribution < -0.4 is 4.74 Å². The third-order valence-corrected chi connectivity index (χ3v) is 4.74. The highest BCUT2D eigenvalue weighted by atomic mass is 79.9. The van der Waals surface area contributed by atoms with Gasteiger partial charge in [0.15, 0.2) is 0 Å². The predicted molar refractivity (Wildman–Crippen MR) is 80.7 cm³/mol. The molecule has 0 aromatic heterocycles. The highest BCUT2D eigenvalue weighted by Gasteiger charge is 2.25. The van der Waals surface area contributed by atoms with Crippen LogP contribution in [0.5, 0.6) is 5.75 Å². The maximum Gasteiger partial charge on any atom is 0.138 e. The van der Waals surface area contributed by atoms with E-state index in [0.29, 0.717) is 12.0 Å². The zero-order valence-electron chi connectivity index (χ0n) is 10.8. The Hall–Kier alpha value is -0.210. The Bertz CT molecular complexity index is 394. The van der Waals surface area contributed by atoms with Crippen LogP contribution in [0, 0.1) is 5.92 Å². The van der Waals surface area contributed by atoms with Crippen molar-refractivity contribution in [1.82, 2.24) is 0 Å². The van der Waals surface area contributed by atoms with Gasteiger partial charge >= 0.3 is 0 Å². The molecule has 2 unspecified atom stereocenters. The summed E-state index contributed by atoms with van der Waals surface area (Å²) in [7, 11) is 0. The van der Waals surface area contributed by atoms with Crippen LogP contribution >= 0.6 is 27.5 Å². The highest BCUT2D eigenvalue weighted by Crippen LogP contribution is 2.33. The van der Waals surface area contributed by atoms with Crippen LogP contribution in [0.15, 0.2) is 18.2 Å². The van der Waals surface area contributed by atoms with Gasteiger partial charge in [-0.1, -0.05) is 46.9 Å². The Kier molecular flexibility index (Phi) is 5.38. The zero-order chi connectivity index (χ0) is 13.0. The van der Waals surface area contributed by atoms with Gasteiger partial charge in [-0.15, -0.1) is 0 Å². The first-order chi connectivity index (χ1) is 8.74. The fraction of sp³-hybridized carbons (Fsp3) is 0.600. The molecule has 0 amide bonds. The average Bonchev–Trinajstić information content (AvgIpc) is 2.41. The second-order valence-electron chi connectivity index (χ2n) is 5.01. The second kappa shape index (κ2) is 6.81. The quantitative estimate of drug-likeness (QED) is 0.654. The Morgan fingerprint density at radius 2 is 2.11 bits per heavy atom. The third-order valence-electron chi connectivity index (χ3n) is 3.79. The van der Waals surface area contributed by atoms with E-state index in [-0.39, 0.29) is 0 Å². The van der Waals surface area contributed by atoms with Gasteiger partial charge in [-0.05, 0) is 49.3 Å². The molecule has 1 nitrogen and oxygen atoms in total. The van der Waals surface area contributed by atoms with Gasteiger partial charge in [0.05, 0.1) is 5.02 Å². The summed E-state index contributed by atoms with van der Waals surface area (Å²) >= 11 is 9.71. The van der Waals surface area contributed by atoms with Gasteiger partial charge in [0, 0.05) is 5.33 Å². The van der Waals surface area contributed by atoms with E-state index in [9.17, 15) is 0 Å².